The number of hydrogen-bond donors (Lipinski definition) is 0. The zero-order valence-electron chi connectivity index (χ0n) is 22.6. The van der Waals surface area contributed by atoms with Crippen molar-refractivity contribution in [3.8, 4) is 23.0 Å². The average Bonchev–Trinajstić information content (AvgIpc) is 3.09. The van der Waals surface area contributed by atoms with E-state index < -0.39 is 34.3 Å². The van der Waals surface area contributed by atoms with Gasteiger partial charge in [0.15, 0.2) is 5.60 Å². The maximum atomic E-state index is 13.1. The van der Waals surface area contributed by atoms with Gasteiger partial charge in [0.25, 0.3) is 0 Å². The number of carbonyl (C=O) groups excluding carboxylic acids is 3. The lowest BCUT2D eigenvalue weighted by Crippen LogP contribution is -2.33. The first-order valence-electron chi connectivity index (χ1n) is 12.5. The average molecular weight is 515 g/mol. The van der Waals surface area contributed by atoms with Gasteiger partial charge in [-0.25, -0.2) is 4.79 Å². The molecule has 38 heavy (non-hydrogen) atoms. The summed E-state index contributed by atoms with van der Waals surface area (Å²) in [6.07, 6.45) is 0. The highest BCUT2D eigenvalue weighted by atomic mass is 16.6. The summed E-state index contributed by atoms with van der Waals surface area (Å²) in [6, 6.07) is 15.6. The minimum absolute atomic E-state index is 0.298. The SMILES string of the molecule is Cc1ccc2c(c1)C1(OC2=O)c2ccc(OC(=O)C(C)(C)C)cc2Oc2cc(OC(=O)C(C)(C)C)ccc21. The molecule has 5 rings (SSSR count). The number of fused-ring (bicyclic) bond motifs is 6. The summed E-state index contributed by atoms with van der Waals surface area (Å²) in [5.74, 6) is 0.0698. The molecule has 7 nitrogen and oxygen atoms in total. The highest BCUT2D eigenvalue weighted by molar-refractivity contribution is 5.97. The summed E-state index contributed by atoms with van der Waals surface area (Å²) in [6.45, 7) is 12.6. The number of aryl methyl sites for hydroxylation is 1. The molecule has 2 aliphatic heterocycles. The molecule has 0 amide bonds. The summed E-state index contributed by atoms with van der Waals surface area (Å²) in [5, 5.41) is 0. The molecule has 0 unspecified atom stereocenters. The second-order valence-electron chi connectivity index (χ2n) is 11.8. The van der Waals surface area contributed by atoms with E-state index in [4.69, 9.17) is 18.9 Å². The Morgan fingerprint density at radius 1 is 0.711 bits per heavy atom. The van der Waals surface area contributed by atoms with E-state index >= 15 is 0 Å². The molecule has 0 saturated carbocycles. The number of ether oxygens (including phenoxy) is 4. The second kappa shape index (κ2) is 8.45. The molecule has 0 bridgehead atoms. The van der Waals surface area contributed by atoms with Crippen molar-refractivity contribution in [3.05, 3.63) is 82.4 Å². The van der Waals surface area contributed by atoms with Crippen LogP contribution in [0.25, 0.3) is 0 Å². The first-order chi connectivity index (χ1) is 17.7. The second-order valence-corrected chi connectivity index (χ2v) is 11.8. The van der Waals surface area contributed by atoms with Gasteiger partial charge in [0.2, 0.25) is 0 Å². The molecule has 3 aromatic rings. The number of carbonyl (C=O) groups is 3. The largest absolute Gasteiger partial charge is 0.456 e. The molecular formula is C31H30O7. The van der Waals surface area contributed by atoms with Crippen molar-refractivity contribution in [2.45, 2.75) is 54.1 Å². The van der Waals surface area contributed by atoms with Crippen LogP contribution in [0.4, 0.5) is 0 Å². The van der Waals surface area contributed by atoms with Crippen LogP contribution < -0.4 is 14.2 Å². The highest BCUT2D eigenvalue weighted by Gasteiger charge is 2.53. The van der Waals surface area contributed by atoms with Crippen LogP contribution >= 0.6 is 0 Å². The van der Waals surface area contributed by atoms with Gasteiger partial charge < -0.3 is 18.9 Å². The van der Waals surface area contributed by atoms with Crippen molar-refractivity contribution in [2.75, 3.05) is 0 Å². The number of esters is 3. The fourth-order valence-corrected chi connectivity index (χ4v) is 4.44. The Labute approximate surface area is 221 Å². The number of benzene rings is 3. The van der Waals surface area contributed by atoms with Crippen LogP contribution in [0.5, 0.6) is 23.0 Å². The topological polar surface area (TPSA) is 88.1 Å². The summed E-state index contributed by atoms with van der Waals surface area (Å²) in [4.78, 5) is 38.2. The molecular weight excluding hydrogens is 484 g/mol. The maximum absolute atomic E-state index is 13.1. The van der Waals surface area contributed by atoms with Crippen molar-refractivity contribution >= 4 is 17.9 Å². The molecule has 1 spiro atoms. The van der Waals surface area contributed by atoms with E-state index in [0.29, 0.717) is 45.3 Å². The third kappa shape index (κ3) is 4.12. The number of hydrogen-bond acceptors (Lipinski definition) is 7. The lowest BCUT2D eigenvalue weighted by atomic mass is 9.77. The standard InChI is InChI=1S/C31H30O7/c1-17-8-11-20-23(14-17)31(38-26(20)32)21-12-9-18(35-27(33)29(2,3)4)15-24(21)37-25-16-19(10-13-22(25)31)36-28(34)30(5,6)7/h8-16H,1-7H3. The van der Waals surface area contributed by atoms with Crippen LogP contribution in [0.1, 0.15) is 74.2 Å². The smallest absolute Gasteiger partial charge is 0.340 e. The minimum Gasteiger partial charge on any atom is -0.456 e. The normalized spacial score (nSPS) is 15.1. The third-order valence-corrected chi connectivity index (χ3v) is 6.55. The molecule has 0 aliphatic carbocycles. The molecule has 0 N–H and O–H groups in total. The minimum atomic E-state index is -1.29. The molecule has 0 saturated heterocycles. The Balaban J connectivity index is 1.68. The molecule has 0 aromatic heterocycles. The van der Waals surface area contributed by atoms with Gasteiger partial charge in [0, 0.05) is 28.8 Å². The van der Waals surface area contributed by atoms with Gasteiger partial charge in [-0.3, -0.25) is 9.59 Å². The lowest BCUT2D eigenvalue weighted by molar-refractivity contribution is -0.143. The van der Waals surface area contributed by atoms with E-state index in [-0.39, 0.29) is 0 Å². The zero-order valence-corrected chi connectivity index (χ0v) is 22.6. The molecule has 7 heteroatoms. The van der Waals surface area contributed by atoms with Crippen molar-refractivity contribution in [1.29, 1.82) is 0 Å². The monoisotopic (exact) mass is 514 g/mol. The predicted octanol–water partition coefficient (Wildman–Crippen LogP) is 6.47. The summed E-state index contributed by atoms with van der Waals surface area (Å²) in [5.41, 5.74) is 0.605. The van der Waals surface area contributed by atoms with Crippen LogP contribution in [0.15, 0.2) is 54.6 Å². The van der Waals surface area contributed by atoms with Crippen molar-refractivity contribution in [2.24, 2.45) is 10.8 Å². The highest BCUT2D eigenvalue weighted by Crippen LogP contribution is 2.57. The zero-order chi connectivity index (χ0) is 27.6. The van der Waals surface area contributed by atoms with E-state index in [2.05, 4.69) is 0 Å². The van der Waals surface area contributed by atoms with Crippen LogP contribution in [-0.4, -0.2) is 17.9 Å². The summed E-state index contributed by atoms with van der Waals surface area (Å²) < 4.78 is 23.7. The summed E-state index contributed by atoms with van der Waals surface area (Å²) in [7, 11) is 0. The summed E-state index contributed by atoms with van der Waals surface area (Å²) >= 11 is 0. The van der Waals surface area contributed by atoms with E-state index in [1.54, 1.807) is 84.0 Å². The first kappa shape index (κ1) is 25.5. The van der Waals surface area contributed by atoms with Gasteiger partial charge in [0.1, 0.15) is 23.0 Å². The molecule has 0 radical (unpaired) electrons. The van der Waals surface area contributed by atoms with Crippen molar-refractivity contribution in [1.82, 2.24) is 0 Å². The van der Waals surface area contributed by atoms with E-state index in [9.17, 15) is 14.4 Å². The van der Waals surface area contributed by atoms with Crippen molar-refractivity contribution < 1.29 is 33.3 Å². The van der Waals surface area contributed by atoms with Gasteiger partial charge in [-0.05, 0) is 78.8 Å². The Morgan fingerprint density at radius 3 is 1.68 bits per heavy atom. The van der Waals surface area contributed by atoms with Gasteiger partial charge in [-0.15, -0.1) is 0 Å². The number of rotatable bonds is 2. The van der Waals surface area contributed by atoms with E-state index in [0.717, 1.165) is 5.56 Å². The fourth-order valence-electron chi connectivity index (χ4n) is 4.44. The molecule has 0 fully saturated rings. The van der Waals surface area contributed by atoms with Gasteiger partial charge >= 0.3 is 17.9 Å². The quantitative estimate of drug-likeness (QED) is 0.286. The Hall–Kier alpha value is -4.13. The molecule has 2 heterocycles. The van der Waals surface area contributed by atoms with Crippen LogP contribution in [0.3, 0.4) is 0 Å². The van der Waals surface area contributed by atoms with Crippen LogP contribution in [0, 0.1) is 17.8 Å². The lowest BCUT2D eigenvalue weighted by Gasteiger charge is -2.37. The van der Waals surface area contributed by atoms with Gasteiger partial charge in [-0.2, -0.15) is 0 Å². The van der Waals surface area contributed by atoms with Crippen LogP contribution in [0.2, 0.25) is 0 Å². The van der Waals surface area contributed by atoms with Gasteiger partial charge in [-0.1, -0.05) is 17.7 Å². The van der Waals surface area contributed by atoms with Crippen molar-refractivity contribution in [3.63, 3.8) is 0 Å². The van der Waals surface area contributed by atoms with Gasteiger partial charge in [0.05, 0.1) is 16.4 Å². The Bertz CT molecular complexity index is 1420. The first-order valence-corrected chi connectivity index (χ1v) is 12.5. The molecule has 3 aromatic carbocycles. The van der Waals surface area contributed by atoms with E-state index in [1.807, 2.05) is 19.1 Å². The Kier molecular flexibility index (Phi) is 5.67. The molecule has 2 aliphatic rings. The maximum Gasteiger partial charge on any atom is 0.340 e. The fraction of sp³-hybridized carbons (Fsp3) is 0.323. The Morgan fingerprint density at radius 2 is 1.21 bits per heavy atom. The molecule has 0 atom stereocenters. The predicted molar refractivity (Wildman–Crippen MR) is 140 cm³/mol. The third-order valence-electron chi connectivity index (χ3n) is 6.55. The van der Waals surface area contributed by atoms with E-state index in [1.165, 1.54) is 0 Å². The van der Waals surface area contributed by atoms with Crippen LogP contribution in [-0.2, 0) is 19.9 Å². The molecule has 196 valence electrons.